The van der Waals surface area contributed by atoms with Crippen molar-refractivity contribution in [2.24, 2.45) is 11.7 Å². The summed E-state index contributed by atoms with van der Waals surface area (Å²) in [6, 6.07) is 0.126. The molecular weight excluding hydrogens is 378 g/mol. The van der Waals surface area contributed by atoms with Crippen molar-refractivity contribution < 1.29 is 13.2 Å². The summed E-state index contributed by atoms with van der Waals surface area (Å²) in [7, 11) is -1.40. The first kappa shape index (κ1) is 21.8. The first-order valence-electron chi connectivity index (χ1n) is 9.36. The smallest absolute Gasteiger partial charge is 0.282 e. The van der Waals surface area contributed by atoms with Crippen molar-refractivity contribution in [3.63, 3.8) is 0 Å². The van der Waals surface area contributed by atoms with Crippen LogP contribution in [0.4, 0.5) is 0 Å². The molecule has 1 saturated carbocycles. The third-order valence-electron chi connectivity index (χ3n) is 5.73. The van der Waals surface area contributed by atoms with E-state index in [-0.39, 0.29) is 30.3 Å². The number of nitrogens with two attached hydrogens (primary N) is 1. The van der Waals surface area contributed by atoms with Crippen molar-refractivity contribution >= 4 is 28.5 Å². The maximum absolute atomic E-state index is 12.8. The third-order valence-corrected chi connectivity index (χ3v) is 7.76. The highest BCUT2D eigenvalue weighted by Gasteiger charge is 2.36. The lowest BCUT2D eigenvalue weighted by Gasteiger charge is -2.40. The highest BCUT2D eigenvalue weighted by Crippen LogP contribution is 2.26. The highest BCUT2D eigenvalue weighted by molar-refractivity contribution is 7.86. The zero-order chi connectivity index (χ0) is 18.0. The molecule has 0 aromatic heterocycles. The van der Waals surface area contributed by atoms with Gasteiger partial charge in [-0.3, -0.25) is 4.79 Å². The number of likely N-dealkylation sites (N-methyl/N-ethyl adjacent to an activating group) is 1. The van der Waals surface area contributed by atoms with Crippen LogP contribution in [0.25, 0.3) is 0 Å². The number of nitrogens with zero attached hydrogens (tertiary/aromatic N) is 4. The molecule has 0 radical (unpaired) electrons. The van der Waals surface area contributed by atoms with Gasteiger partial charge in [0.1, 0.15) is 0 Å². The maximum atomic E-state index is 12.8. The zero-order valence-electron chi connectivity index (χ0n) is 15.5. The number of rotatable bonds is 3. The van der Waals surface area contributed by atoms with E-state index in [1.165, 1.54) is 4.31 Å². The van der Waals surface area contributed by atoms with Crippen molar-refractivity contribution in [2.45, 2.75) is 31.7 Å². The second kappa shape index (κ2) is 9.16. The number of piperazine rings is 2. The maximum Gasteiger partial charge on any atom is 0.282 e. The van der Waals surface area contributed by atoms with E-state index in [0.717, 1.165) is 38.8 Å². The van der Waals surface area contributed by atoms with Crippen LogP contribution in [0.3, 0.4) is 0 Å². The first-order chi connectivity index (χ1) is 11.9. The molecule has 0 aromatic carbocycles. The van der Waals surface area contributed by atoms with Gasteiger partial charge < -0.3 is 15.5 Å². The SMILES string of the molecule is CN1CCN(S(=O)(=O)N2CCN(C(=O)C3CCCC(N)C3)CC2)CC1.Cl. The fourth-order valence-corrected chi connectivity index (χ4v) is 5.61. The molecule has 0 bridgehead atoms. The molecule has 2 saturated heterocycles. The van der Waals surface area contributed by atoms with Crippen LogP contribution in [-0.4, -0.2) is 98.2 Å². The lowest BCUT2D eigenvalue weighted by molar-refractivity contribution is -0.138. The van der Waals surface area contributed by atoms with Gasteiger partial charge in [0.25, 0.3) is 10.2 Å². The van der Waals surface area contributed by atoms with Gasteiger partial charge in [-0.05, 0) is 26.3 Å². The van der Waals surface area contributed by atoms with E-state index in [0.29, 0.717) is 39.3 Å². The number of carbonyl (C=O) groups is 1. The minimum atomic E-state index is -3.41. The molecule has 2 unspecified atom stereocenters. The van der Waals surface area contributed by atoms with Crippen molar-refractivity contribution in [3.8, 4) is 0 Å². The van der Waals surface area contributed by atoms with Crippen LogP contribution in [0, 0.1) is 5.92 Å². The van der Waals surface area contributed by atoms with E-state index in [2.05, 4.69) is 4.90 Å². The van der Waals surface area contributed by atoms with Crippen LogP contribution in [0.2, 0.25) is 0 Å². The van der Waals surface area contributed by atoms with Gasteiger partial charge in [0.2, 0.25) is 5.91 Å². The quantitative estimate of drug-likeness (QED) is 0.682. The number of hydrogen-bond donors (Lipinski definition) is 1. The Hall–Kier alpha value is -0.450. The lowest BCUT2D eigenvalue weighted by atomic mass is 9.85. The van der Waals surface area contributed by atoms with Gasteiger partial charge >= 0.3 is 0 Å². The molecule has 1 amide bonds. The normalized spacial score (nSPS) is 30.0. The molecule has 10 heteroatoms. The molecule has 1 aliphatic carbocycles. The Bertz CT molecular complexity index is 574. The second-order valence-electron chi connectivity index (χ2n) is 7.56. The average molecular weight is 410 g/mol. The Morgan fingerprint density at radius 1 is 0.923 bits per heavy atom. The van der Waals surface area contributed by atoms with Crippen LogP contribution in [0.15, 0.2) is 0 Å². The summed E-state index contributed by atoms with van der Waals surface area (Å²) < 4.78 is 28.7. The van der Waals surface area contributed by atoms with Crippen molar-refractivity contribution in [1.29, 1.82) is 0 Å². The topological polar surface area (TPSA) is 90.2 Å². The zero-order valence-corrected chi connectivity index (χ0v) is 17.2. The second-order valence-corrected chi connectivity index (χ2v) is 9.49. The molecule has 2 heterocycles. The molecule has 152 valence electrons. The van der Waals surface area contributed by atoms with E-state index in [9.17, 15) is 13.2 Å². The van der Waals surface area contributed by atoms with Gasteiger partial charge in [0.05, 0.1) is 0 Å². The van der Waals surface area contributed by atoms with E-state index in [1.807, 2.05) is 11.9 Å². The van der Waals surface area contributed by atoms with Gasteiger partial charge in [0.15, 0.2) is 0 Å². The van der Waals surface area contributed by atoms with Crippen LogP contribution >= 0.6 is 12.4 Å². The molecule has 2 aliphatic heterocycles. The minimum Gasteiger partial charge on any atom is -0.340 e. The predicted octanol–water partition coefficient (Wildman–Crippen LogP) is -0.438. The third kappa shape index (κ3) is 4.88. The summed E-state index contributed by atoms with van der Waals surface area (Å²) in [6.45, 7) is 4.35. The summed E-state index contributed by atoms with van der Waals surface area (Å²) in [4.78, 5) is 16.6. The predicted molar refractivity (Wildman–Crippen MR) is 103 cm³/mol. The average Bonchev–Trinajstić information content (AvgIpc) is 2.61. The van der Waals surface area contributed by atoms with Crippen molar-refractivity contribution in [1.82, 2.24) is 18.4 Å². The summed E-state index contributed by atoms with van der Waals surface area (Å²) in [5, 5.41) is 0. The van der Waals surface area contributed by atoms with E-state index in [4.69, 9.17) is 5.73 Å². The summed E-state index contributed by atoms with van der Waals surface area (Å²) >= 11 is 0. The Labute approximate surface area is 163 Å². The Morgan fingerprint density at radius 2 is 1.46 bits per heavy atom. The molecule has 8 nitrogen and oxygen atoms in total. The highest BCUT2D eigenvalue weighted by atomic mass is 35.5. The van der Waals surface area contributed by atoms with E-state index in [1.54, 1.807) is 4.31 Å². The van der Waals surface area contributed by atoms with E-state index < -0.39 is 10.2 Å². The summed E-state index contributed by atoms with van der Waals surface area (Å²) in [5.74, 6) is 0.177. The molecule has 2 atom stereocenters. The van der Waals surface area contributed by atoms with Crippen LogP contribution in [0.1, 0.15) is 25.7 Å². The molecule has 3 aliphatic rings. The molecule has 2 N–H and O–H groups in total. The molecule has 0 spiro atoms. The van der Waals surface area contributed by atoms with Crippen LogP contribution < -0.4 is 5.73 Å². The fraction of sp³-hybridized carbons (Fsp3) is 0.938. The Kier molecular flexibility index (Phi) is 7.70. The number of amides is 1. The number of hydrogen-bond acceptors (Lipinski definition) is 5. The minimum absolute atomic E-state index is 0. The van der Waals surface area contributed by atoms with Gasteiger partial charge in [-0.15, -0.1) is 12.4 Å². The summed E-state index contributed by atoms with van der Waals surface area (Å²) in [6.07, 6.45) is 3.68. The van der Waals surface area contributed by atoms with Crippen molar-refractivity contribution in [2.75, 3.05) is 59.4 Å². The molecule has 26 heavy (non-hydrogen) atoms. The standard InChI is InChI=1S/C16H31N5O3S.ClH/c1-18-5-9-20(10-6-18)25(23,24)21-11-7-19(8-12-21)16(22)14-3-2-4-15(17)13-14;/h14-15H,2-13,17H2,1H3;1H. The number of halogens is 1. The van der Waals surface area contributed by atoms with Gasteiger partial charge in [-0.1, -0.05) is 6.42 Å². The fourth-order valence-electron chi connectivity index (χ4n) is 4.03. The Morgan fingerprint density at radius 3 is 2.00 bits per heavy atom. The van der Waals surface area contributed by atoms with Gasteiger partial charge in [-0.25, -0.2) is 0 Å². The Balaban J connectivity index is 0.00000243. The molecular formula is C16H32ClN5O3S. The van der Waals surface area contributed by atoms with Crippen LogP contribution in [-0.2, 0) is 15.0 Å². The van der Waals surface area contributed by atoms with Crippen LogP contribution in [0.5, 0.6) is 0 Å². The first-order valence-corrected chi connectivity index (χ1v) is 10.8. The molecule has 3 rings (SSSR count). The molecule has 0 aromatic rings. The monoisotopic (exact) mass is 409 g/mol. The van der Waals surface area contributed by atoms with Gasteiger partial charge in [0, 0.05) is 64.3 Å². The van der Waals surface area contributed by atoms with Crippen molar-refractivity contribution in [3.05, 3.63) is 0 Å². The largest absolute Gasteiger partial charge is 0.340 e. The lowest BCUT2D eigenvalue weighted by Crippen LogP contribution is -2.57. The summed E-state index contributed by atoms with van der Waals surface area (Å²) in [5.41, 5.74) is 6.00. The van der Waals surface area contributed by atoms with Gasteiger partial charge in [-0.2, -0.15) is 17.0 Å². The number of carbonyl (C=O) groups excluding carboxylic acids is 1. The molecule has 3 fully saturated rings. The van der Waals surface area contributed by atoms with E-state index >= 15 is 0 Å².